The first kappa shape index (κ1) is 26.4. The Kier molecular flexibility index (Phi) is 6.63. The van der Waals surface area contributed by atoms with Crippen LogP contribution in [-0.4, -0.2) is 24.5 Å². The number of aromatic amines is 1. The summed E-state index contributed by atoms with van der Waals surface area (Å²) in [6, 6.07) is 21.9. The molecule has 0 spiro atoms. The lowest BCUT2D eigenvalue weighted by Gasteiger charge is -2.12. The highest BCUT2D eigenvalue weighted by atomic mass is 35.5. The van der Waals surface area contributed by atoms with Gasteiger partial charge in [0.25, 0.3) is 0 Å². The maximum atomic E-state index is 13.2. The van der Waals surface area contributed by atoms with Gasteiger partial charge in [0.2, 0.25) is 5.95 Å². The molecule has 3 heterocycles. The lowest BCUT2D eigenvalue weighted by molar-refractivity contribution is -0.137. The summed E-state index contributed by atoms with van der Waals surface area (Å²) in [6.45, 7) is 1.96. The molecule has 0 atom stereocenters. The van der Waals surface area contributed by atoms with Crippen molar-refractivity contribution in [2.45, 2.75) is 13.1 Å². The number of alkyl halides is 3. The Balaban J connectivity index is 1.25. The summed E-state index contributed by atoms with van der Waals surface area (Å²) in [5.41, 5.74) is 4.03. The second-order valence-electron chi connectivity index (χ2n) is 9.37. The van der Waals surface area contributed by atoms with E-state index in [4.69, 9.17) is 21.3 Å². The van der Waals surface area contributed by atoms with Gasteiger partial charge in [0.1, 0.15) is 17.2 Å². The topological polar surface area (TPSA) is 80.6 Å². The number of aromatic nitrogens is 5. The first-order valence-electron chi connectivity index (χ1n) is 12.5. The molecule has 206 valence electrons. The van der Waals surface area contributed by atoms with Crippen molar-refractivity contribution in [3.8, 4) is 34.3 Å². The molecule has 0 saturated carbocycles. The largest absolute Gasteiger partial charge is 0.457 e. The maximum Gasteiger partial charge on any atom is 0.416 e. The molecule has 0 aliphatic carbocycles. The van der Waals surface area contributed by atoms with E-state index in [1.54, 1.807) is 42.1 Å². The van der Waals surface area contributed by atoms with Gasteiger partial charge < -0.3 is 19.6 Å². The Bertz CT molecular complexity index is 1880. The molecule has 0 aliphatic rings. The Morgan fingerprint density at radius 1 is 0.927 bits per heavy atom. The van der Waals surface area contributed by atoms with E-state index in [0.29, 0.717) is 34.5 Å². The van der Waals surface area contributed by atoms with E-state index in [9.17, 15) is 13.2 Å². The van der Waals surface area contributed by atoms with Gasteiger partial charge in [-0.25, -0.2) is 9.97 Å². The fourth-order valence-corrected chi connectivity index (χ4v) is 4.64. The van der Waals surface area contributed by atoms with Crippen LogP contribution in [0.1, 0.15) is 11.3 Å². The number of fused-ring (bicyclic) bond motifs is 1. The number of aryl methyl sites for hydroxylation is 2. The predicted octanol–water partition coefficient (Wildman–Crippen LogP) is 8.54. The van der Waals surface area contributed by atoms with Gasteiger partial charge in [-0.1, -0.05) is 41.9 Å². The van der Waals surface area contributed by atoms with Gasteiger partial charge in [-0.3, -0.25) is 4.98 Å². The molecule has 6 rings (SSSR count). The van der Waals surface area contributed by atoms with Crippen LogP contribution in [0.25, 0.3) is 33.8 Å². The monoisotopic (exact) mass is 574 g/mol. The highest BCUT2D eigenvalue weighted by molar-refractivity contribution is 6.33. The number of rotatable bonds is 6. The highest BCUT2D eigenvalue weighted by Crippen LogP contribution is 2.36. The number of nitrogens with zero attached hydrogens (tertiary/aromatic N) is 4. The van der Waals surface area contributed by atoms with Gasteiger partial charge in [0.15, 0.2) is 5.82 Å². The Labute approximate surface area is 237 Å². The summed E-state index contributed by atoms with van der Waals surface area (Å²) in [5.74, 6) is 2.02. The van der Waals surface area contributed by atoms with Crippen LogP contribution in [0.3, 0.4) is 0 Å². The number of nitrogens with one attached hydrogen (secondary N) is 2. The summed E-state index contributed by atoms with van der Waals surface area (Å²) in [7, 11) is 1.75. The van der Waals surface area contributed by atoms with E-state index in [-0.39, 0.29) is 10.7 Å². The third-order valence-corrected chi connectivity index (χ3v) is 6.86. The molecule has 0 bridgehead atoms. The molecule has 0 fully saturated rings. The van der Waals surface area contributed by atoms with Crippen LogP contribution in [-0.2, 0) is 13.2 Å². The fraction of sp³-hybridized carbons (Fsp3) is 0.100. The predicted molar refractivity (Wildman–Crippen MR) is 153 cm³/mol. The lowest BCUT2D eigenvalue weighted by Crippen LogP contribution is -2.06. The normalized spacial score (nSPS) is 11.7. The van der Waals surface area contributed by atoms with Crippen molar-refractivity contribution in [3.05, 3.63) is 101 Å². The zero-order valence-corrected chi connectivity index (χ0v) is 22.5. The molecule has 0 unspecified atom stereocenters. The minimum atomic E-state index is -4.49. The van der Waals surface area contributed by atoms with Crippen molar-refractivity contribution < 1.29 is 17.9 Å². The van der Waals surface area contributed by atoms with Crippen molar-refractivity contribution in [2.75, 3.05) is 5.32 Å². The molecule has 41 heavy (non-hydrogen) atoms. The lowest BCUT2D eigenvalue weighted by atomic mass is 10.1. The molecule has 0 radical (unpaired) electrons. The molecule has 3 aromatic heterocycles. The van der Waals surface area contributed by atoms with Crippen LogP contribution in [0.15, 0.2) is 85.1 Å². The Hall–Kier alpha value is -4.83. The van der Waals surface area contributed by atoms with Gasteiger partial charge in [-0.05, 0) is 43.3 Å². The summed E-state index contributed by atoms with van der Waals surface area (Å²) in [6.07, 6.45) is -2.85. The van der Waals surface area contributed by atoms with E-state index < -0.39 is 11.7 Å². The van der Waals surface area contributed by atoms with Crippen LogP contribution in [0, 0.1) is 6.92 Å². The van der Waals surface area contributed by atoms with Crippen LogP contribution >= 0.6 is 11.6 Å². The van der Waals surface area contributed by atoms with Gasteiger partial charge in [-0.2, -0.15) is 13.2 Å². The van der Waals surface area contributed by atoms with Crippen LogP contribution in [0.4, 0.5) is 24.8 Å². The molecule has 0 amide bonds. The molecular formula is C30H22ClF3N6O. The van der Waals surface area contributed by atoms with E-state index >= 15 is 0 Å². The standard InChI is InChI=1S/C30H22ClF3N6O/c1-17-27(18-6-4-3-5-7-18)39-28(36-17)25-16-21(12-13-35-25)41-20-9-11-26-24(15-20)38-29(40(26)2)37-23-14-19(30(32,33)34)8-10-22(23)31/h3-16H,1-2H3,(H,36,39)(H,37,38). The molecule has 11 heteroatoms. The molecule has 0 aliphatic heterocycles. The van der Waals surface area contributed by atoms with Gasteiger partial charge in [0.05, 0.1) is 33.0 Å². The number of halogens is 4. The summed E-state index contributed by atoms with van der Waals surface area (Å²) < 4.78 is 47.5. The highest BCUT2D eigenvalue weighted by Gasteiger charge is 2.31. The molecule has 0 saturated heterocycles. The second kappa shape index (κ2) is 10.3. The first-order valence-corrected chi connectivity index (χ1v) is 12.9. The third kappa shape index (κ3) is 5.33. The molecular weight excluding hydrogens is 553 g/mol. The summed E-state index contributed by atoms with van der Waals surface area (Å²) in [5, 5.41) is 3.06. The number of pyridine rings is 1. The zero-order valence-electron chi connectivity index (χ0n) is 21.8. The van der Waals surface area contributed by atoms with Gasteiger partial charge in [-0.15, -0.1) is 0 Å². The van der Waals surface area contributed by atoms with Gasteiger partial charge in [0, 0.05) is 36.6 Å². The SMILES string of the molecule is Cc1[nH]c(-c2cc(Oc3ccc4c(c3)nc(Nc3cc(C(F)(F)F)ccc3Cl)n4C)ccn2)nc1-c1ccccc1. The second-order valence-corrected chi connectivity index (χ2v) is 9.77. The summed E-state index contributed by atoms with van der Waals surface area (Å²) in [4.78, 5) is 17.1. The minimum absolute atomic E-state index is 0.101. The zero-order chi connectivity index (χ0) is 28.7. The van der Waals surface area contributed by atoms with E-state index in [2.05, 4.69) is 20.3 Å². The minimum Gasteiger partial charge on any atom is -0.457 e. The van der Waals surface area contributed by atoms with E-state index in [0.717, 1.165) is 34.6 Å². The fourth-order valence-electron chi connectivity index (χ4n) is 4.47. The van der Waals surface area contributed by atoms with Crippen molar-refractivity contribution >= 4 is 34.3 Å². The number of ether oxygens (including phenoxy) is 1. The smallest absolute Gasteiger partial charge is 0.416 e. The van der Waals surface area contributed by atoms with E-state index in [1.807, 2.05) is 43.3 Å². The van der Waals surface area contributed by atoms with Crippen LogP contribution < -0.4 is 10.1 Å². The number of benzene rings is 3. The van der Waals surface area contributed by atoms with Crippen LogP contribution in [0.5, 0.6) is 11.5 Å². The number of hydrogen-bond donors (Lipinski definition) is 2. The Morgan fingerprint density at radius 2 is 1.71 bits per heavy atom. The van der Waals surface area contributed by atoms with E-state index in [1.165, 1.54) is 6.07 Å². The first-order chi connectivity index (χ1) is 19.7. The molecule has 3 aromatic carbocycles. The number of hydrogen-bond acceptors (Lipinski definition) is 5. The van der Waals surface area contributed by atoms with Crippen molar-refractivity contribution in [1.29, 1.82) is 0 Å². The molecule has 6 aromatic rings. The van der Waals surface area contributed by atoms with Gasteiger partial charge >= 0.3 is 6.18 Å². The number of imidazole rings is 2. The van der Waals surface area contributed by atoms with Crippen molar-refractivity contribution in [2.24, 2.45) is 7.05 Å². The average molecular weight is 575 g/mol. The number of anilines is 2. The quantitative estimate of drug-likeness (QED) is 0.208. The third-order valence-electron chi connectivity index (χ3n) is 6.53. The van der Waals surface area contributed by atoms with Crippen LogP contribution in [0.2, 0.25) is 5.02 Å². The average Bonchev–Trinajstić information content (AvgIpc) is 3.49. The molecule has 7 nitrogen and oxygen atoms in total. The van der Waals surface area contributed by atoms with Crippen molar-refractivity contribution in [1.82, 2.24) is 24.5 Å². The summed E-state index contributed by atoms with van der Waals surface area (Å²) >= 11 is 6.16. The van der Waals surface area contributed by atoms with Crippen molar-refractivity contribution in [3.63, 3.8) is 0 Å². The Morgan fingerprint density at radius 3 is 2.49 bits per heavy atom. The maximum absolute atomic E-state index is 13.2. The molecule has 2 N–H and O–H groups in total. The number of H-pyrrole nitrogens is 1.